The average molecular weight is 373 g/mol. The van der Waals surface area contributed by atoms with Crippen LogP contribution in [0.4, 0.5) is 5.82 Å². The van der Waals surface area contributed by atoms with E-state index in [1.165, 1.54) is 10.4 Å². The first-order chi connectivity index (χ1) is 12.7. The summed E-state index contributed by atoms with van der Waals surface area (Å²) in [4.78, 5) is 15.0. The number of nitrogens with one attached hydrogen (secondary N) is 2. The van der Waals surface area contributed by atoms with Crippen molar-refractivity contribution in [2.75, 3.05) is 51.7 Å². The zero-order chi connectivity index (χ0) is 18.2. The number of piperazine rings is 1. The van der Waals surface area contributed by atoms with Gasteiger partial charge in [0.05, 0.1) is 0 Å². The molecule has 0 aliphatic carbocycles. The van der Waals surface area contributed by atoms with Crippen molar-refractivity contribution in [3.05, 3.63) is 46.3 Å². The molecule has 0 radical (unpaired) electrons. The first-order valence-corrected chi connectivity index (χ1v) is 9.98. The maximum absolute atomic E-state index is 4.55. The Kier molecular flexibility index (Phi) is 6.85. The van der Waals surface area contributed by atoms with E-state index < -0.39 is 0 Å². The smallest absolute Gasteiger partial charge is 0.191 e. The van der Waals surface area contributed by atoms with Crippen LogP contribution in [0.15, 0.2) is 40.8 Å². The quantitative estimate of drug-likeness (QED) is 0.598. The Morgan fingerprint density at radius 1 is 1.23 bits per heavy atom. The Morgan fingerprint density at radius 3 is 2.81 bits per heavy atom. The highest BCUT2D eigenvalue weighted by atomic mass is 32.1. The maximum Gasteiger partial charge on any atom is 0.191 e. The van der Waals surface area contributed by atoms with E-state index in [2.05, 4.69) is 67.1 Å². The Morgan fingerprint density at radius 2 is 2.08 bits per heavy atom. The van der Waals surface area contributed by atoms with Crippen LogP contribution in [0.1, 0.15) is 10.4 Å². The predicted molar refractivity (Wildman–Crippen MR) is 110 cm³/mol. The number of anilines is 1. The lowest BCUT2D eigenvalue weighted by atomic mass is 10.2. The largest absolute Gasteiger partial charge is 0.356 e. The minimum Gasteiger partial charge on any atom is -0.356 e. The first-order valence-electron chi connectivity index (χ1n) is 9.10. The van der Waals surface area contributed by atoms with Crippen molar-refractivity contribution in [1.29, 1.82) is 0 Å². The van der Waals surface area contributed by atoms with E-state index in [0.717, 1.165) is 57.5 Å². The molecule has 2 aromatic heterocycles. The summed E-state index contributed by atoms with van der Waals surface area (Å²) in [5.41, 5.74) is 1.22. The highest BCUT2D eigenvalue weighted by molar-refractivity contribution is 7.09. The Hall–Kier alpha value is -2.12. The van der Waals surface area contributed by atoms with Crippen LogP contribution in [-0.2, 0) is 13.0 Å². The van der Waals surface area contributed by atoms with Gasteiger partial charge in [0.2, 0.25) is 0 Å². The third kappa shape index (κ3) is 5.44. The van der Waals surface area contributed by atoms with E-state index >= 15 is 0 Å². The number of likely N-dealkylation sites (N-methyl/N-ethyl adjacent to an activating group) is 1. The minimum absolute atomic E-state index is 0.738. The molecule has 7 heteroatoms. The Labute approximate surface area is 160 Å². The molecule has 6 nitrogen and oxygen atoms in total. The maximum atomic E-state index is 4.55. The molecule has 0 amide bonds. The molecule has 1 fully saturated rings. The van der Waals surface area contributed by atoms with Crippen LogP contribution < -0.4 is 15.5 Å². The second-order valence-electron chi connectivity index (χ2n) is 6.49. The molecule has 0 saturated carbocycles. The van der Waals surface area contributed by atoms with Gasteiger partial charge in [-0.05, 0) is 42.6 Å². The van der Waals surface area contributed by atoms with Crippen molar-refractivity contribution in [3.63, 3.8) is 0 Å². The molecule has 0 bridgehead atoms. The number of guanidine groups is 1. The highest BCUT2D eigenvalue weighted by Crippen LogP contribution is 2.14. The molecular weight excluding hydrogens is 344 g/mol. The second kappa shape index (κ2) is 9.54. The van der Waals surface area contributed by atoms with E-state index in [0.29, 0.717) is 0 Å². The summed E-state index contributed by atoms with van der Waals surface area (Å²) in [5, 5.41) is 8.88. The standard InChI is InChI=1S/C19H28N6S/c1-20-19(22-8-6-17-4-3-13-26-17)23-15-16-5-7-21-18(14-16)25-11-9-24(2)10-12-25/h3-5,7,13-14H,6,8-12,15H2,1-2H3,(H2,20,22,23). The molecule has 2 N–H and O–H groups in total. The van der Waals surface area contributed by atoms with Gasteiger partial charge < -0.3 is 20.4 Å². The van der Waals surface area contributed by atoms with Crippen LogP contribution in [0.25, 0.3) is 0 Å². The van der Waals surface area contributed by atoms with Crippen molar-refractivity contribution >= 4 is 23.1 Å². The van der Waals surface area contributed by atoms with Gasteiger partial charge >= 0.3 is 0 Å². The van der Waals surface area contributed by atoms with Crippen LogP contribution in [0, 0.1) is 0 Å². The van der Waals surface area contributed by atoms with Crippen LogP contribution in [-0.4, -0.2) is 62.7 Å². The summed E-state index contributed by atoms with van der Waals surface area (Å²) in [6, 6.07) is 8.50. The SMILES string of the molecule is CN=C(NCCc1cccs1)NCc1ccnc(N2CCN(C)CC2)c1. The fourth-order valence-electron chi connectivity index (χ4n) is 2.94. The van der Waals surface area contributed by atoms with E-state index in [1.807, 2.05) is 13.2 Å². The molecular formula is C19H28N6S. The zero-order valence-electron chi connectivity index (χ0n) is 15.6. The Bertz CT molecular complexity index is 692. The summed E-state index contributed by atoms with van der Waals surface area (Å²) in [5.74, 6) is 1.90. The normalized spacial score (nSPS) is 15.9. The fourth-order valence-corrected chi connectivity index (χ4v) is 3.65. The van der Waals surface area contributed by atoms with Gasteiger partial charge in [0.25, 0.3) is 0 Å². The topological polar surface area (TPSA) is 55.8 Å². The van der Waals surface area contributed by atoms with Gasteiger partial charge in [-0.3, -0.25) is 4.99 Å². The van der Waals surface area contributed by atoms with E-state index in [9.17, 15) is 0 Å². The third-order valence-electron chi connectivity index (χ3n) is 4.56. The molecule has 26 heavy (non-hydrogen) atoms. The molecule has 0 atom stereocenters. The lowest BCUT2D eigenvalue weighted by molar-refractivity contribution is 0.312. The molecule has 0 spiro atoms. The van der Waals surface area contributed by atoms with Gasteiger partial charge in [0.15, 0.2) is 5.96 Å². The number of hydrogen-bond donors (Lipinski definition) is 2. The van der Waals surface area contributed by atoms with Gasteiger partial charge in [-0.1, -0.05) is 6.07 Å². The van der Waals surface area contributed by atoms with Crippen LogP contribution in [0.3, 0.4) is 0 Å². The summed E-state index contributed by atoms with van der Waals surface area (Å²) in [6.45, 7) is 5.86. The van der Waals surface area contributed by atoms with Crippen molar-refractivity contribution in [1.82, 2.24) is 20.5 Å². The van der Waals surface area contributed by atoms with Crippen LogP contribution in [0.2, 0.25) is 0 Å². The number of aromatic nitrogens is 1. The zero-order valence-corrected chi connectivity index (χ0v) is 16.4. The van der Waals surface area contributed by atoms with Crippen molar-refractivity contribution in [2.24, 2.45) is 4.99 Å². The highest BCUT2D eigenvalue weighted by Gasteiger charge is 2.15. The summed E-state index contributed by atoms with van der Waals surface area (Å²) in [6.07, 6.45) is 2.92. The van der Waals surface area contributed by atoms with Crippen LogP contribution in [0.5, 0.6) is 0 Å². The van der Waals surface area contributed by atoms with Gasteiger partial charge in [-0.25, -0.2) is 4.98 Å². The van der Waals surface area contributed by atoms with Gasteiger partial charge in [-0.2, -0.15) is 0 Å². The second-order valence-corrected chi connectivity index (χ2v) is 7.53. The van der Waals surface area contributed by atoms with E-state index in [1.54, 1.807) is 11.3 Å². The van der Waals surface area contributed by atoms with E-state index in [4.69, 9.17) is 0 Å². The summed E-state index contributed by atoms with van der Waals surface area (Å²) in [7, 11) is 3.98. The number of rotatable bonds is 6. The van der Waals surface area contributed by atoms with Gasteiger partial charge in [0, 0.05) is 57.4 Å². The van der Waals surface area contributed by atoms with Crippen molar-refractivity contribution in [2.45, 2.75) is 13.0 Å². The number of pyridine rings is 1. The number of hydrogen-bond acceptors (Lipinski definition) is 5. The Balaban J connectivity index is 1.47. The molecule has 0 aromatic carbocycles. The summed E-state index contributed by atoms with van der Waals surface area (Å²) < 4.78 is 0. The number of nitrogens with zero attached hydrogens (tertiary/aromatic N) is 4. The molecule has 1 aliphatic rings. The lowest BCUT2D eigenvalue weighted by Crippen LogP contribution is -2.44. The monoisotopic (exact) mass is 372 g/mol. The molecule has 140 valence electrons. The molecule has 1 aliphatic heterocycles. The first kappa shape index (κ1) is 18.7. The lowest BCUT2D eigenvalue weighted by Gasteiger charge is -2.33. The van der Waals surface area contributed by atoms with Gasteiger partial charge in [0.1, 0.15) is 5.82 Å². The van der Waals surface area contributed by atoms with Crippen molar-refractivity contribution < 1.29 is 0 Å². The van der Waals surface area contributed by atoms with E-state index in [-0.39, 0.29) is 0 Å². The van der Waals surface area contributed by atoms with Crippen LogP contribution >= 0.6 is 11.3 Å². The molecule has 2 aromatic rings. The molecule has 0 unspecified atom stereocenters. The molecule has 3 rings (SSSR count). The van der Waals surface area contributed by atoms with Crippen molar-refractivity contribution in [3.8, 4) is 0 Å². The molecule has 1 saturated heterocycles. The predicted octanol–water partition coefficient (Wildman–Crippen LogP) is 1.80. The summed E-state index contributed by atoms with van der Waals surface area (Å²) >= 11 is 1.79. The third-order valence-corrected chi connectivity index (χ3v) is 5.50. The average Bonchev–Trinajstić information content (AvgIpc) is 3.19. The minimum atomic E-state index is 0.738. The fraction of sp³-hybridized carbons (Fsp3) is 0.474. The number of thiophene rings is 1. The number of aliphatic imine (C=N–C) groups is 1. The van der Waals surface area contributed by atoms with Gasteiger partial charge in [-0.15, -0.1) is 11.3 Å². The molecule has 3 heterocycles.